The zero-order valence-electron chi connectivity index (χ0n) is 28.4. The van der Waals surface area contributed by atoms with Crippen LogP contribution in [0.5, 0.6) is 17.2 Å². The van der Waals surface area contributed by atoms with Gasteiger partial charge >= 0.3 is 0 Å². The molecule has 3 aromatic carbocycles. The van der Waals surface area contributed by atoms with Crippen LogP contribution >= 0.6 is 0 Å². The van der Waals surface area contributed by atoms with Crippen molar-refractivity contribution < 1.29 is 23.8 Å². The van der Waals surface area contributed by atoms with Gasteiger partial charge in [-0.2, -0.15) is 0 Å². The Balaban J connectivity index is 1.12. The van der Waals surface area contributed by atoms with Gasteiger partial charge in [0.1, 0.15) is 16.9 Å². The molecule has 48 heavy (non-hydrogen) atoms. The van der Waals surface area contributed by atoms with E-state index in [0.29, 0.717) is 53.8 Å². The molecule has 0 bridgehead atoms. The normalized spacial score (nSPS) is 16.4. The van der Waals surface area contributed by atoms with Crippen molar-refractivity contribution in [3.05, 3.63) is 84.1 Å². The van der Waals surface area contributed by atoms with E-state index >= 15 is 0 Å². The van der Waals surface area contributed by atoms with E-state index < -0.39 is 5.41 Å². The number of anilines is 2. The number of ether oxygens (including phenoxy) is 3. The Morgan fingerprint density at radius 2 is 1.50 bits per heavy atom. The van der Waals surface area contributed by atoms with E-state index in [9.17, 15) is 9.59 Å². The highest BCUT2D eigenvalue weighted by Gasteiger charge is 2.48. The fourth-order valence-corrected chi connectivity index (χ4v) is 6.24. The summed E-state index contributed by atoms with van der Waals surface area (Å²) in [6, 6.07) is 20.4. The average Bonchev–Trinajstić information content (AvgIpc) is 3.61. The number of hydrogen-bond acceptors (Lipinski definition) is 7. The van der Waals surface area contributed by atoms with Gasteiger partial charge < -0.3 is 29.7 Å². The van der Waals surface area contributed by atoms with Crippen LogP contribution in [0.15, 0.2) is 83.6 Å². The summed E-state index contributed by atoms with van der Waals surface area (Å²) in [5.41, 5.74) is 2.06. The van der Waals surface area contributed by atoms with Crippen molar-refractivity contribution in [1.29, 1.82) is 0 Å². The number of carbonyl (C=O) groups excluding carboxylic acids is 2. The number of likely N-dealkylation sites (tertiary alicyclic amines) is 1. The summed E-state index contributed by atoms with van der Waals surface area (Å²) in [5.74, 6) is 2.09. The largest absolute Gasteiger partial charge is 0.493 e. The van der Waals surface area contributed by atoms with Crippen LogP contribution in [0.3, 0.4) is 0 Å². The van der Waals surface area contributed by atoms with E-state index in [1.54, 1.807) is 43.7 Å². The molecule has 0 aromatic heterocycles. The lowest BCUT2D eigenvalue weighted by molar-refractivity contribution is -0.136. The van der Waals surface area contributed by atoms with Crippen LogP contribution in [0.2, 0.25) is 0 Å². The molecule has 9 nitrogen and oxygen atoms in total. The number of hydrogen-bond donors (Lipinski definition) is 2. The second-order valence-electron chi connectivity index (χ2n) is 12.7. The molecule has 1 heterocycles. The molecule has 2 N–H and O–H groups in total. The molecule has 1 saturated heterocycles. The number of aliphatic imine (C=N–C) groups is 1. The summed E-state index contributed by atoms with van der Waals surface area (Å²) in [4.78, 5) is 33.9. The minimum Gasteiger partial charge on any atom is -0.493 e. The van der Waals surface area contributed by atoms with Gasteiger partial charge in [0.2, 0.25) is 11.8 Å². The van der Waals surface area contributed by atoms with E-state index in [1.807, 2.05) is 56.3 Å². The number of aryl methyl sites for hydroxylation is 1. The van der Waals surface area contributed by atoms with Crippen LogP contribution < -0.4 is 24.8 Å². The molecular formula is C39H48N4O5. The smallest absolute Gasteiger partial charge is 0.240 e. The molecule has 1 saturated carbocycles. The average molecular weight is 653 g/mol. The standard InChI is InChI=1S/C39H48N4O5/c1-29-10-12-31(13-11-29)41-37(44)39(21-5-6-22-39)38(45)42-32-14-17-34(18-15-32)48-30(2)20-23-40-33-16-19-35(46-3)36(28-33)47-27-9-26-43-24-7-4-8-25-43/h10-20,23,28H,4-9,21-22,24-27H2,1-3H3,(H,41,44)(H,42,45)/b30-20+,40-23-. The monoisotopic (exact) mass is 652 g/mol. The lowest BCUT2D eigenvalue weighted by atomic mass is 9.83. The Morgan fingerprint density at radius 3 is 2.15 bits per heavy atom. The number of benzene rings is 3. The summed E-state index contributed by atoms with van der Waals surface area (Å²) in [7, 11) is 1.64. The second kappa shape index (κ2) is 17.0. The molecule has 0 radical (unpaired) electrons. The number of methoxy groups -OCH3 is 1. The Bertz CT molecular complexity index is 1570. The zero-order chi connectivity index (χ0) is 33.8. The van der Waals surface area contributed by atoms with Crippen LogP contribution in [0, 0.1) is 12.3 Å². The minimum absolute atomic E-state index is 0.259. The van der Waals surface area contributed by atoms with Crippen molar-refractivity contribution in [2.75, 3.05) is 44.0 Å². The number of amides is 2. The van der Waals surface area contributed by atoms with Gasteiger partial charge in [0, 0.05) is 30.2 Å². The number of nitrogens with zero attached hydrogens (tertiary/aromatic N) is 2. The fourth-order valence-electron chi connectivity index (χ4n) is 6.24. The number of allylic oxidation sites excluding steroid dienone is 2. The first-order chi connectivity index (χ1) is 23.3. The molecule has 0 unspecified atom stereocenters. The highest BCUT2D eigenvalue weighted by atomic mass is 16.5. The molecule has 9 heteroatoms. The molecule has 3 aromatic rings. The summed E-state index contributed by atoms with van der Waals surface area (Å²) in [6.45, 7) is 7.89. The molecule has 254 valence electrons. The predicted molar refractivity (Wildman–Crippen MR) is 192 cm³/mol. The summed E-state index contributed by atoms with van der Waals surface area (Å²) in [6.07, 6.45) is 11.1. The van der Waals surface area contributed by atoms with Gasteiger partial charge in [-0.3, -0.25) is 14.6 Å². The summed E-state index contributed by atoms with van der Waals surface area (Å²) >= 11 is 0. The van der Waals surface area contributed by atoms with E-state index in [2.05, 4.69) is 20.5 Å². The topological polar surface area (TPSA) is 101 Å². The first kappa shape index (κ1) is 34.7. The van der Waals surface area contributed by atoms with Crippen molar-refractivity contribution in [2.45, 2.75) is 65.2 Å². The van der Waals surface area contributed by atoms with Crippen LogP contribution in [0.1, 0.15) is 63.9 Å². The van der Waals surface area contributed by atoms with Crippen LogP contribution in [0.25, 0.3) is 0 Å². The molecule has 2 amide bonds. The Hall–Kier alpha value is -4.63. The van der Waals surface area contributed by atoms with E-state index in [1.165, 1.54) is 32.4 Å². The van der Waals surface area contributed by atoms with Gasteiger partial charge in [0.25, 0.3) is 0 Å². The zero-order valence-corrected chi connectivity index (χ0v) is 28.4. The predicted octanol–water partition coefficient (Wildman–Crippen LogP) is 8.08. The second-order valence-corrected chi connectivity index (χ2v) is 12.7. The van der Waals surface area contributed by atoms with E-state index in [4.69, 9.17) is 14.2 Å². The molecule has 0 spiro atoms. The van der Waals surface area contributed by atoms with E-state index in [0.717, 1.165) is 37.1 Å². The Morgan fingerprint density at radius 1 is 0.854 bits per heavy atom. The third kappa shape index (κ3) is 9.47. The fraction of sp³-hybridized carbons (Fsp3) is 0.410. The molecule has 2 fully saturated rings. The first-order valence-corrected chi connectivity index (χ1v) is 17.1. The van der Waals surface area contributed by atoms with Crippen LogP contribution in [-0.4, -0.2) is 56.3 Å². The van der Waals surface area contributed by atoms with Crippen LogP contribution in [0.4, 0.5) is 17.1 Å². The molecule has 1 aliphatic carbocycles. The maximum atomic E-state index is 13.5. The summed E-state index contributed by atoms with van der Waals surface area (Å²) < 4.78 is 17.5. The molecule has 2 aliphatic rings. The lowest BCUT2D eigenvalue weighted by Crippen LogP contribution is -2.44. The highest BCUT2D eigenvalue weighted by Crippen LogP contribution is 2.40. The number of rotatable bonds is 14. The van der Waals surface area contributed by atoms with Gasteiger partial charge in [-0.1, -0.05) is 37.0 Å². The molecular weight excluding hydrogens is 604 g/mol. The molecule has 1 aliphatic heterocycles. The third-order valence-electron chi connectivity index (χ3n) is 9.03. The summed E-state index contributed by atoms with van der Waals surface area (Å²) in [5, 5.41) is 5.92. The maximum absolute atomic E-state index is 13.5. The van der Waals surface area contributed by atoms with Gasteiger partial charge in [-0.15, -0.1) is 0 Å². The van der Waals surface area contributed by atoms with Crippen molar-refractivity contribution in [3.8, 4) is 17.2 Å². The Kier molecular flexibility index (Phi) is 12.3. The maximum Gasteiger partial charge on any atom is 0.240 e. The highest BCUT2D eigenvalue weighted by molar-refractivity contribution is 6.14. The Labute approximate surface area is 284 Å². The van der Waals surface area contributed by atoms with Crippen LogP contribution in [-0.2, 0) is 9.59 Å². The van der Waals surface area contributed by atoms with E-state index in [-0.39, 0.29) is 11.8 Å². The van der Waals surface area contributed by atoms with Gasteiger partial charge in [-0.25, -0.2) is 0 Å². The molecule has 0 atom stereocenters. The lowest BCUT2D eigenvalue weighted by Gasteiger charge is -2.26. The quantitative estimate of drug-likeness (QED) is 0.0790. The van der Waals surface area contributed by atoms with Crippen molar-refractivity contribution >= 4 is 35.1 Å². The van der Waals surface area contributed by atoms with Gasteiger partial charge in [-0.05, 0) is 114 Å². The third-order valence-corrected chi connectivity index (χ3v) is 9.03. The number of piperidine rings is 1. The van der Waals surface area contributed by atoms with Gasteiger partial charge in [0.15, 0.2) is 11.5 Å². The van der Waals surface area contributed by atoms with Crippen molar-refractivity contribution in [2.24, 2.45) is 10.4 Å². The van der Waals surface area contributed by atoms with Crippen molar-refractivity contribution in [1.82, 2.24) is 4.90 Å². The molecule has 5 rings (SSSR count). The van der Waals surface area contributed by atoms with Gasteiger partial charge in [0.05, 0.1) is 19.4 Å². The minimum atomic E-state index is -1.09. The number of carbonyl (C=O) groups is 2. The number of nitrogens with one attached hydrogen (secondary N) is 2. The SMILES string of the molecule is COc1ccc(/N=C\C=C(/C)Oc2ccc(NC(=O)C3(C(=O)Nc4ccc(C)cc4)CCCC3)cc2)cc1OCCCN1CCCCC1. The first-order valence-electron chi connectivity index (χ1n) is 17.1. The van der Waals surface area contributed by atoms with Crippen molar-refractivity contribution in [3.63, 3.8) is 0 Å².